The summed E-state index contributed by atoms with van der Waals surface area (Å²) in [5.41, 5.74) is 11.5. The number of rotatable bonds is 57. The average molecular weight is 1340 g/mol. The van der Waals surface area contributed by atoms with Gasteiger partial charge < -0.3 is 81.6 Å². The molecule has 4 atom stereocenters. The number of unbranched alkanes of at least 4 members (excludes halogenated alkanes) is 15. The third-order valence-electron chi connectivity index (χ3n) is 16.7. The van der Waals surface area contributed by atoms with Crippen LogP contribution in [0, 0.1) is 5.92 Å². The third kappa shape index (κ3) is 37.5. The molecule has 1 aliphatic heterocycles. The van der Waals surface area contributed by atoms with Crippen molar-refractivity contribution in [3.05, 3.63) is 34.9 Å². The molecule has 1 saturated heterocycles. The molecule has 7 amide bonds. The fourth-order valence-electron chi connectivity index (χ4n) is 10.8. The number of methoxy groups -OCH3 is 1. The number of benzene rings is 1. The van der Waals surface area contributed by atoms with Gasteiger partial charge in [-0.15, -0.1) is 0 Å². The molecule has 0 spiro atoms. The second-order valence-corrected chi connectivity index (χ2v) is 24.4. The Morgan fingerprint density at radius 2 is 1.12 bits per heavy atom. The van der Waals surface area contributed by atoms with E-state index in [9.17, 15) is 38.4 Å². The van der Waals surface area contributed by atoms with Crippen LogP contribution in [0.25, 0.3) is 10.9 Å². The maximum atomic E-state index is 14.6. The molecule has 0 unspecified atom stereocenters. The van der Waals surface area contributed by atoms with E-state index >= 15 is 0 Å². The van der Waals surface area contributed by atoms with E-state index in [1.165, 1.54) is 88.6 Å². The molecule has 1 aromatic heterocycles. The van der Waals surface area contributed by atoms with Crippen LogP contribution >= 0.6 is 0 Å². The molecule has 0 bridgehead atoms. The number of hydrogen-bond acceptors (Lipinski definition) is 17. The number of likely N-dealkylation sites (N-methyl/N-ethyl adjacent to an activating group) is 1. The Labute approximate surface area is 564 Å². The summed E-state index contributed by atoms with van der Waals surface area (Å²) in [7, 11) is 3.08. The quantitative estimate of drug-likeness (QED) is 0.0256. The Hall–Kier alpha value is -6.52. The lowest BCUT2D eigenvalue weighted by Gasteiger charge is -2.38. The number of carbonyl (C=O) groups is 7. The minimum atomic E-state index is -0.970. The number of nitrogens with two attached hydrogens (primary N) is 2. The van der Waals surface area contributed by atoms with Crippen LogP contribution in [0.1, 0.15) is 175 Å². The highest BCUT2D eigenvalue weighted by atomic mass is 16.6. The zero-order valence-electron chi connectivity index (χ0n) is 58.1. The van der Waals surface area contributed by atoms with E-state index in [1.54, 1.807) is 24.1 Å². The Kier molecular flexibility index (Phi) is 45.8. The van der Waals surface area contributed by atoms with Gasteiger partial charge in [0.2, 0.25) is 41.4 Å². The van der Waals surface area contributed by atoms with Gasteiger partial charge in [-0.3, -0.25) is 47.9 Å². The maximum Gasteiger partial charge on any atom is 0.261 e. The molecule has 1 fully saturated rings. The van der Waals surface area contributed by atoms with Crippen LogP contribution in [0.3, 0.4) is 0 Å². The van der Waals surface area contributed by atoms with Crippen molar-refractivity contribution < 1.29 is 62.0 Å². The van der Waals surface area contributed by atoms with Gasteiger partial charge in [0, 0.05) is 78.5 Å². The van der Waals surface area contributed by atoms with Gasteiger partial charge in [-0.1, -0.05) is 111 Å². The molecule has 1 aromatic carbocycles. The number of carbonyl (C=O) groups excluding carboxylic acids is 7. The number of nitrogens with one attached hydrogen (secondary N) is 6. The number of piperazine rings is 1. The van der Waals surface area contributed by atoms with Gasteiger partial charge in [0.25, 0.3) is 5.56 Å². The molecule has 10 N–H and O–H groups in total. The lowest BCUT2D eigenvalue weighted by Crippen LogP contribution is -2.58. The standard InChI is InChI=1S/C68H119N13O14/c1-6-8-9-10-11-12-13-14-15-16-17-18-20-28-59(82)72-32-23-19-21-29-60(83)73-33-24-22-26-58(77-65(87)63(53(3)7-2)78-62(85)51-95-48-47-94-46-45-93-44-43-92-42-41-91-40-39-90-5)67(89)80-37-35-79(36-38-80)54-30-31-56-55(49-54)66(88)81(52-75-56)50-61(84)76-57(64(86)71-4)27-25-34-74-68(69)70/h30-31,49,52-53,57-58,63H,6-29,32-48,50-51H2,1-5H3,(H,71,86)(H,72,82)(H,73,83)(H,76,84)(H,77,87)(H,78,85)(H4,69,70,74)/t53-,57-,58-,63-/m0/s1. The number of ether oxygens (including phenoxy) is 6. The summed E-state index contributed by atoms with van der Waals surface area (Å²) in [6, 6.07) is 2.48. The van der Waals surface area contributed by atoms with Crippen LogP contribution in [0.5, 0.6) is 0 Å². The second kappa shape index (κ2) is 52.6. The van der Waals surface area contributed by atoms with Gasteiger partial charge in [0.05, 0.1) is 83.3 Å². The van der Waals surface area contributed by atoms with Crippen molar-refractivity contribution in [2.45, 2.75) is 200 Å². The topological polar surface area (TPSA) is 353 Å². The van der Waals surface area contributed by atoms with Crippen LogP contribution in [-0.4, -0.2) is 213 Å². The molecule has 0 aliphatic carbocycles. The first kappa shape index (κ1) is 82.7. The number of anilines is 1. The van der Waals surface area contributed by atoms with Crippen LogP contribution in [0.2, 0.25) is 0 Å². The summed E-state index contributed by atoms with van der Waals surface area (Å²) < 4.78 is 33.6. The first-order valence-corrected chi connectivity index (χ1v) is 35.2. The zero-order chi connectivity index (χ0) is 69.1. The van der Waals surface area contributed by atoms with Crippen LogP contribution in [0.15, 0.2) is 34.3 Å². The second-order valence-electron chi connectivity index (χ2n) is 24.4. The molecular formula is C68H119N13O14. The predicted molar refractivity (Wildman–Crippen MR) is 369 cm³/mol. The highest BCUT2D eigenvalue weighted by molar-refractivity contribution is 5.93. The SMILES string of the molecule is CCCCCCCCCCCCCCCC(=O)NCCCCCC(=O)NCCCC[C@H](NC(=O)[C@@H](NC(=O)COCCOCCOCCOCCOCCOC)[C@@H](C)CC)C(=O)N1CCN(c2ccc3ncn(CC(=O)N[C@@H](CCCN=C(N)N)C(=O)NC)c(=O)c3c2)CC1. The Morgan fingerprint density at radius 1 is 0.589 bits per heavy atom. The van der Waals surface area contributed by atoms with Crippen molar-refractivity contribution in [2.24, 2.45) is 22.4 Å². The van der Waals surface area contributed by atoms with Crippen molar-refractivity contribution in [1.82, 2.24) is 46.4 Å². The smallest absolute Gasteiger partial charge is 0.261 e. The number of guanidine groups is 1. The van der Waals surface area contributed by atoms with Gasteiger partial charge in [0.1, 0.15) is 31.3 Å². The lowest BCUT2D eigenvalue weighted by atomic mass is 9.97. The monoisotopic (exact) mass is 1340 g/mol. The molecule has 2 aromatic rings. The van der Waals surface area contributed by atoms with E-state index in [0.29, 0.717) is 148 Å². The van der Waals surface area contributed by atoms with Crippen molar-refractivity contribution in [3.8, 4) is 0 Å². The minimum Gasteiger partial charge on any atom is -0.382 e. The highest BCUT2D eigenvalue weighted by Crippen LogP contribution is 2.22. The summed E-state index contributed by atoms with van der Waals surface area (Å²) in [5.74, 6) is -2.62. The number of amides is 7. The zero-order valence-corrected chi connectivity index (χ0v) is 58.1. The van der Waals surface area contributed by atoms with Gasteiger partial charge >= 0.3 is 0 Å². The van der Waals surface area contributed by atoms with E-state index in [0.717, 1.165) is 25.7 Å². The minimum absolute atomic E-state index is 0.0734. The van der Waals surface area contributed by atoms with E-state index in [-0.39, 0.29) is 80.7 Å². The first-order valence-electron chi connectivity index (χ1n) is 35.2. The van der Waals surface area contributed by atoms with Crippen molar-refractivity contribution in [2.75, 3.05) is 138 Å². The first-order chi connectivity index (χ1) is 46.1. The van der Waals surface area contributed by atoms with Gasteiger partial charge in [-0.05, 0) is 75.5 Å². The van der Waals surface area contributed by atoms with Gasteiger partial charge in [0.15, 0.2) is 5.96 Å². The van der Waals surface area contributed by atoms with E-state index in [4.69, 9.17) is 39.9 Å². The number of nitrogens with zero attached hydrogens (tertiary/aromatic N) is 5. The molecule has 27 heteroatoms. The Balaban J connectivity index is 1.53. The van der Waals surface area contributed by atoms with Crippen molar-refractivity contribution in [1.29, 1.82) is 0 Å². The van der Waals surface area contributed by atoms with Gasteiger partial charge in [-0.2, -0.15) is 0 Å². The molecule has 3 rings (SSSR count). The average Bonchev–Trinajstić information content (AvgIpc) is 0.798. The molecular weight excluding hydrogens is 1220 g/mol. The summed E-state index contributed by atoms with van der Waals surface area (Å²) in [5, 5.41) is 17.4. The molecule has 0 saturated carbocycles. The number of aromatic nitrogens is 2. The molecule has 95 heavy (non-hydrogen) atoms. The summed E-state index contributed by atoms with van der Waals surface area (Å²) in [6.45, 7) is 11.8. The fraction of sp³-hybridized carbons (Fsp3) is 0.765. The summed E-state index contributed by atoms with van der Waals surface area (Å²) in [4.78, 5) is 119. The third-order valence-corrected chi connectivity index (χ3v) is 16.7. The Bertz CT molecular complexity index is 2570. The molecule has 2 heterocycles. The molecule has 1 aliphatic rings. The molecule has 27 nitrogen and oxygen atoms in total. The van der Waals surface area contributed by atoms with Gasteiger partial charge in [-0.25, -0.2) is 4.98 Å². The predicted octanol–water partition coefficient (Wildman–Crippen LogP) is 4.52. The van der Waals surface area contributed by atoms with E-state index in [2.05, 4.69) is 48.8 Å². The molecule has 0 radical (unpaired) electrons. The van der Waals surface area contributed by atoms with Crippen molar-refractivity contribution >= 4 is 63.9 Å². The van der Waals surface area contributed by atoms with Crippen LogP contribution in [0.4, 0.5) is 5.69 Å². The lowest BCUT2D eigenvalue weighted by molar-refractivity contribution is -0.138. The fourth-order valence-corrected chi connectivity index (χ4v) is 10.8. The van der Waals surface area contributed by atoms with E-state index < -0.39 is 47.3 Å². The molecule has 540 valence electrons. The summed E-state index contributed by atoms with van der Waals surface area (Å²) in [6.07, 6.45) is 23.5. The van der Waals surface area contributed by atoms with Crippen LogP contribution in [-0.2, 0) is 68.5 Å². The normalized spacial score (nSPS) is 13.6. The largest absolute Gasteiger partial charge is 0.382 e. The Morgan fingerprint density at radius 3 is 1.66 bits per heavy atom. The number of hydrogen-bond donors (Lipinski definition) is 8. The van der Waals surface area contributed by atoms with E-state index in [1.807, 2.05) is 24.8 Å². The number of aliphatic imine (C=N–C) groups is 1. The van der Waals surface area contributed by atoms with Crippen molar-refractivity contribution in [3.63, 3.8) is 0 Å². The maximum absolute atomic E-state index is 14.6. The number of fused-ring (bicyclic) bond motifs is 1. The van der Waals surface area contributed by atoms with Crippen LogP contribution < -0.4 is 53.8 Å². The highest BCUT2D eigenvalue weighted by Gasteiger charge is 2.33. The summed E-state index contributed by atoms with van der Waals surface area (Å²) >= 11 is 0.